The Balaban J connectivity index is 2.03. The predicted molar refractivity (Wildman–Crippen MR) is 58.6 cm³/mol. The maximum Gasteiger partial charge on any atom is 0.337 e. The Labute approximate surface area is 97.3 Å². The highest BCUT2D eigenvalue weighted by molar-refractivity contribution is 5.89. The number of aromatic nitrogens is 2. The minimum absolute atomic E-state index is 0.271. The van der Waals surface area contributed by atoms with Crippen molar-refractivity contribution in [2.75, 3.05) is 0 Å². The molecule has 0 bridgehead atoms. The molecule has 5 nitrogen and oxygen atoms in total. The van der Waals surface area contributed by atoms with Gasteiger partial charge in [0.05, 0.1) is 17.9 Å². The van der Waals surface area contributed by atoms with E-state index >= 15 is 0 Å². The first kappa shape index (κ1) is 10.0. The Morgan fingerprint density at radius 2 is 2.41 bits per heavy atom. The average molecular weight is 230 g/mol. The monoisotopic (exact) mass is 230 g/mol. The summed E-state index contributed by atoms with van der Waals surface area (Å²) in [5.41, 5.74) is 1.92. The molecule has 0 aliphatic carbocycles. The van der Waals surface area contributed by atoms with Gasteiger partial charge in [-0.15, -0.1) is 0 Å². The van der Waals surface area contributed by atoms with Gasteiger partial charge in [-0.1, -0.05) is 6.07 Å². The summed E-state index contributed by atoms with van der Waals surface area (Å²) in [6.07, 6.45) is 4.88. The quantitative estimate of drug-likeness (QED) is 0.852. The number of carboxylic acid groups (broad SMARTS) is 1. The van der Waals surface area contributed by atoms with Crippen LogP contribution in [0.25, 0.3) is 0 Å². The molecule has 1 atom stereocenters. The van der Waals surface area contributed by atoms with E-state index in [9.17, 15) is 4.79 Å². The maximum atomic E-state index is 11.0. The van der Waals surface area contributed by atoms with Crippen molar-refractivity contribution in [1.82, 2.24) is 9.55 Å². The van der Waals surface area contributed by atoms with Gasteiger partial charge in [-0.25, -0.2) is 4.79 Å². The summed E-state index contributed by atoms with van der Waals surface area (Å²) < 4.78 is 7.43. The molecule has 0 fully saturated rings. The molecule has 1 N–H and O–H groups in total. The van der Waals surface area contributed by atoms with Gasteiger partial charge in [0.25, 0.3) is 0 Å². The van der Waals surface area contributed by atoms with Crippen molar-refractivity contribution in [3.05, 3.63) is 53.6 Å². The summed E-state index contributed by atoms with van der Waals surface area (Å²) >= 11 is 0. The first-order valence-corrected chi connectivity index (χ1v) is 5.22. The van der Waals surface area contributed by atoms with Crippen LogP contribution in [0, 0.1) is 0 Å². The van der Waals surface area contributed by atoms with Gasteiger partial charge in [-0.3, -0.25) is 4.98 Å². The molecule has 0 amide bonds. The highest BCUT2D eigenvalue weighted by Gasteiger charge is 2.28. The molecule has 0 radical (unpaired) electrons. The fourth-order valence-electron chi connectivity index (χ4n) is 2.06. The molecule has 2 aromatic heterocycles. The number of hydrogen-bond donors (Lipinski definition) is 1. The summed E-state index contributed by atoms with van der Waals surface area (Å²) in [6.45, 7) is 0.314. The number of pyridine rings is 1. The molecule has 1 unspecified atom stereocenters. The van der Waals surface area contributed by atoms with Crippen molar-refractivity contribution in [3.63, 3.8) is 0 Å². The number of nitrogens with zero attached hydrogens (tertiary/aromatic N) is 2. The Hall–Kier alpha value is -2.14. The number of rotatable bonds is 2. The average Bonchev–Trinajstić information content (AvgIpc) is 2.89. The van der Waals surface area contributed by atoms with Crippen LogP contribution in [0.3, 0.4) is 0 Å². The number of ether oxygens (including phenoxy) is 1. The highest BCUT2D eigenvalue weighted by Crippen LogP contribution is 2.31. The summed E-state index contributed by atoms with van der Waals surface area (Å²) in [5.74, 6) is -0.922. The van der Waals surface area contributed by atoms with Crippen LogP contribution >= 0.6 is 0 Å². The third-order valence-electron chi connectivity index (χ3n) is 2.85. The summed E-state index contributed by atoms with van der Waals surface area (Å²) in [5, 5.41) is 9.01. The molecule has 5 heteroatoms. The second kappa shape index (κ2) is 3.71. The van der Waals surface area contributed by atoms with Gasteiger partial charge in [0.1, 0.15) is 0 Å². The van der Waals surface area contributed by atoms with Crippen molar-refractivity contribution in [2.24, 2.45) is 0 Å². The molecule has 0 saturated heterocycles. The smallest absolute Gasteiger partial charge is 0.337 e. The van der Waals surface area contributed by atoms with Crippen LogP contribution in [0.1, 0.15) is 27.8 Å². The highest BCUT2D eigenvalue weighted by atomic mass is 16.5. The molecular formula is C12H10N2O3. The van der Waals surface area contributed by atoms with E-state index in [4.69, 9.17) is 9.84 Å². The molecule has 2 aromatic rings. The minimum atomic E-state index is -0.922. The lowest BCUT2D eigenvalue weighted by molar-refractivity contribution is 0.0610. The van der Waals surface area contributed by atoms with Crippen LogP contribution in [0.4, 0.5) is 0 Å². The lowest BCUT2D eigenvalue weighted by Crippen LogP contribution is -2.06. The SMILES string of the molecule is O=C(O)c1ccn2c1COC2c1cccnc1. The molecule has 0 saturated carbocycles. The first-order valence-electron chi connectivity index (χ1n) is 5.22. The molecule has 17 heavy (non-hydrogen) atoms. The van der Waals surface area contributed by atoms with Crippen molar-refractivity contribution >= 4 is 5.97 Å². The summed E-state index contributed by atoms with van der Waals surface area (Å²) in [6, 6.07) is 5.34. The van der Waals surface area contributed by atoms with Crippen LogP contribution in [-0.2, 0) is 11.3 Å². The zero-order chi connectivity index (χ0) is 11.8. The number of carboxylic acids is 1. The maximum absolute atomic E-state index is 11.0. The molecule has 3 rings (SSSR count). The Morgan fingerprint density at radius 1 is 1.53 bits per heavy atom. The van der Waals surface area contributed by atoms with E-state index < -0.39 is 5.97 Å². The zero-order valence-electron chi connectivity index (χ0n) is 8.91. The lowest BCUT2D eigenvalue weighted by Gasteiger charge is -2.11. The molecule has 86 valence electrons. The van der Waals surface area contributed by atoms with Crippen LogP contribution < -0.4 is 0 Å². The molecule has 0 aromatic carbocycles. The van der Waals surface area contributed by atoms with Gasteiger partial charge < -0.3 is 14.4 Å². The van der Waals surface area contributed by atoms with Gasteiger partial charge in [0.15, 0.2) is 6.23 Å². The second-order valence-electron chi connectivity index (χ2n) is 3.84. The number of carbonyl (C=O) groups is 1. The lowest BCUT2D eigenvalue weighted by atomic mass is 10.2. The van der Waals surface area contributed by atoms with Crippen LogP contribution in [0.15, 0.2) is 36.8 Å². The summed E-state index contributed by atoms with van der Waals surface area (Å²) in [7, 11) is 0. The van der Waals surface area contributed by atoms with Crippen molar-refractivity contribution in [1.29, 1.82) is 0 Å². The normalized spacial score (nSPS) is 18.0. The fraction of sp³-hybridized carbons (Fsp3) is 0.167. The number of fused-ring (bicyclic) bond motifs is 1. The van der Waals surface area contributed by atoms with Gasteiger partial charge >= 0.3 is 5.97 Å². The Bertz CT molecular complexity index is 562. The molecular weight excluding hydrogens is 220 g/mol. The zero-order valence-corrected chi connectivity index (χ0v) is 8.91. The molecule has 0 spiro atoms. The van der Waals surface area contributed by atoms with E-state index in [1.54, 1.807) is 24.7 Å². The van der Waals surface area contributed by atoms with Crippen molar-refractivity contribution in [3.8, 4) is 0 Å². The number of hydrogen-bond acceptors (Lipinski definition) is 3. The van der Waals surface area contributed by atoms with E-state index in [0.29, 0.717) is 17.9 Å². The van der Waals surface area contributed by atoms with Crippen LogP contribution in [0.2, 0.25) is 0 Å². The van der Waals surface area contributed by atoms with E-state index in [2.05, 4.69) is 4.98 Å². The van der Waals surface area contributed by atoms with E-state index in [1.807, 2.05) is 16.7 Å². The topological polar surface area (TPSA) is 64.3 Å². The third-order valence-corrected chi connectivity index (χ3v) is 2.85. The Kier molecular flexibility index (Phi) is 2.19. The Morgan fingerprint density at radius 3 is 3.12 bits per heavy atom. The second-order valence-corrected chi connectivity index (χ2v) is 3.84. The molecule has 1 aliphatic heterocycles. The predicted octanol–water partition coefficient (Wildman–Crippen LogP) is 1.66. The number of aromatic carboxylic acids is 1. The van der Waals surface area contributed by atoms with Crippen LogP contribution in [-0.4, -0.2) is 20.6 Å². The molecule has 1 aliphatic rings. The van der Waals surface area contributed by atoms with Gasteiger partial charge in [-0.2, -0.15) is 0 Å². The van der Waals surface area contributed by atoms with E-state index in [0.717, 1.165) is 5.56 Å². The van der Waals surface area contributed by atoms with Gasteiger partial charge in [-0.05, 0) is 12.1 Å². The van der Waals surface area contributed by atoms with Gasteiger partial charge in [0.2, 0.25) is 0 Å². The van der Waals surface area contributed by atoms with Crippen LogP contribution in [0.5, 0.6) is 0 Å². The molecule has 3 heterocycles. The van der Waals surface area contributed by atoms with Gasteiger partial charge in [0, 0.05) is 24.2 Å². The fourth-order valence-corrected chi connectivity index (χ4v) is 2.06. The third kappa shape index (κ3) is 1.52. The first-order chi connectivity index (χ1) is 8.27. The van der Waals surface area contributed by atoms with Crippen molar-refractivity contribution in [2.45, 2.75) is 12.8 Å². The van der Waals surface area contributed by atoms with E-state index in [-0.39, 0.29) is 6.23 Å². The van der Waals surface area contributed by atoms with Crippen molar-refractivity contribution < 1.29 is 14.6 Å². The largest absolute Gasteiger partial charge is 0.478 e. The minimum Gasteiger partial charge on any atom is -0.478 e. The van der Waals surface area contributed by atoms with E-state index in [1.165, 1.54) is 0 Å². The summed E-state index contributed by atoms with van der Waals surface area (Å²) in [4.78, 5) is 15.0. The standard InChI is InChI=1S/C12H10N2O3/c15-12(16)9-3-5-14-10(9)7-17-11(14)8-2-1-4-13-6-8/h1-6,11H,7H2,(H,15,16).